The Balaban J connectivity index is 4.67. The maximum Gasteiger partial charge on any atom is 0.331 e. The summed E-state index contributed by atoms with van der Waals surface area (Å²) in [6.45, 7) is 2.02. The molecular weight excluding hydrogens is 214 g/mol. The molecule has 0 aliphatic rings. The van der Waals surface area contributed by atoms with Crippen LogP contribution in [0.2, 0.25) is 0 Å². The van der Waals surface area contributed by atoms with E-state index >= 15 is 0 Å². The average molecular weight is 233 g/mol. The van der Waals surface area contributed by atoms with Crippen molar-refractivity contribution in [3.05, 3.63) is 0 Å². The summed E-state index contributed by atoms with van der Waals surface area (Å²) >= 11 is 1.52. The van der Waals surface area contributed by atoms with Gasteiger partial charge in [0.1, 0.15) is 0 Å². The van der Waals surface area contributed by atoms with Crippen molar-refractivity contribution in [3.63, 3.8) is 0 Å². The highest BCUT2D eigenvalue weighted by Gasteiger charge is 2.41. The number of hydrogen-bond donors (Lipinski definition) is 2. The van der Waals surface area contributed by atoms with Gasteiger partial charge in [-0.2, -0.15) is 11.8 Å². The molecule has 0 amide bonds. The second kappa shape index (κ2) is 6.85. The zero-order chi connectivity index (χ0) is 11.9. The van der Waals surface area contributed by atoms with E-state index in [9.17, 15) is 9.59 Å². The van der Waals surface area contributed by atoms with Gasteiger partial charge in [0.15, 0.2) is 11.8 Å². The van der Waals surface area contributed by atoms with Crippen LogP contribution in [0.25, 0.3) is 0 Å². The van der Waals surface area contributed by atoms with Gasteiger partial charge in [-0.25, -0.2) is 4.79 Å². The van der Waals surface area contributed by atoms with E-state index in [0.29, 0.717) is 18.5 Å². The zero-order valence-corrected chi connectivity index (χ0v) is 10.0. The van der Waals surface area contributed by atoms with Crippen molar-refractivity contribution in [3.8, 4) is 0 Å². The van der Waals surface area contributed by atoms with Gasteiger partial charge in [0.05, 0.1) is 0 Å². The number of aldehydes is 1. The predicted molar refractivity (Wildman–Crippen MR) is 62.0 cm³/mol. The molecule has 0 rings (SSSR count). The van der Waals surface area contributed by atoms with Gasteiger partial charge in [-0.3, -0.25) is 0 Å². The molecule has 0 aromatic carbocycles. The van der Waals surface area contributed by atoms with E-state index in [4.69, 9.17) is 10.8 Å². The van der Waals surface area contributed by atoms with E-state index in [2.05, 4.69) is 0 Å². The van der Waals surface area contributed by atoms with Crippen LogP contribution in [0.15, 0.2) is 0 Å². The molecule has 2 unspecified atom stereocenters. The highest BCUT2D eigenvalue weighted by Crippen LogP contribution is 2.23. The molecule has 0 aromatic rings. The molecule has 0 radical (unpaired) electrons. The molecular formula is C10H19NO3S. The minimum Gasteiger partial charge on any atom is -0.480 e. The first-order chi connectivity index (χ1) is 7.02. The van der Waals surface area contributed by atoms with E-state index < -0.39 is 11.5 Å². The van der Waals surface area contributed by atoms with Gasteiger partial charge in [-0.15, -0.1) is 0 Å². The van der Waals surface area contributed by atoms with Crippen LogP contribution in [0.3, 0.4) is 0 Å². The molecule has 0 heterocycles. The van der Waals surface area contributed by atoms with Crippen LogP contribution in [0.5, 0.6) is 0 Å². The molecule has 3 N–H and O–H groups in total. The van der Waals surface area contributed by atoms with Crippen molar-refractivity contribution >= 4 is 24.0 Å². The van der Waals surface area contributed by atoms with Crippen molar-refractivity contribution in [2.75, 3.05) is 12.0 Å². The van der Waals surface area contributed by atoms with Gasteiger partial charge in [-0.05, 0) is 18.4 Å². The lowest BCUT2D eigenvalue weighted by molar-refractivity contribution is -0.147. The van der Waals surface area contributed by atoms with Gasteiger partial charge in [0.2, 0.25) is 0 Å². The molecule has 2 atom stereocenters. The summed E-state index contributed by atoms with van der Waals surface area (Å²) in [7, 11) is 0. The van der Waals surface area contributed by atoms with Crippen LogP contribution in [0.1, 0.15) is 26.2 Å². The summed E-state index contributed by atoms with van der Waals surface area (Å²) in [5, 5.41) is 8.96. The lowest BCUT2D eigenvalue weighted by atomic mass is 9.84. The van der Waals surface area contributed by atoms with Crippen LogP contribution in [0.4, 0.5) is 0 Å². The number of unbranched alkanes of at least 4 members (excludes halogenated alkanes) is 1. The Morgan fingerprint density at radius 1 is 1.67 bits per heavy atom. The molecule has 0 bridgehead atoms. The molecule has 0 aromatic heterocycles. The topological polar surface area (TPSA) is 80.4 Å². The van der Waals surface area contributed by atoms with Gasteiger partial charge < -0.3 is 15.6 Å². The summed E-state index contributed by atoms with van der Waals surface area (Å²) < 4.78 is 0. The van der Waals surface area contributed by atoms with Crippen LogP contribution >= 0.6 is 11.8 Å². The van der Waals surface area contributed by atoms with Crippen LogP contribution in [-0.4, -0.2) is 34.9 Å². The normalized spacial score (nSPS) is 16.7. The number of rotatable bonds is 8. The SMILES string of the molecule is CCCCC(CSC)C(N)(C=O)C(=O)O. The Bertz CT molecular complexity index is 223. The standard InChI is InChI=1S/C10H19NO3S/c1-3-4-5-8(6-15-2)10(11,7-12)9(13)14/h7-8H,3-6,11H2,1-2H3,(H,13,14). The third-order valence-corrected chi connectivity index (χ3v) is 3.25. The van der Waals surface area contributed by atoms with Crippen LogP contribution in [0, 0.1) is 5.92 Å². The highest BCUT2D eigenvalue weighted by atomic mass is 32.2. The number of nitrogens with two attached hydrogens (primary N) is 1. The molecule has 0 fully saturated rings. The number of thioether (sulfide) groups is 1. The van der Waals surface area contributed by atoms with Gasteiger partial charge >= 0.3 is 5.97 Å². The quantitative estimate of drug-likeness (QED) is 0.485. The number of carbonyl (C=O) groups is 2. The minimum atomic E-state index is -1.72. The van der Waals surface area contributed by atoms with Crippen LogP contribution < -0.4 is 5.73 Å². The molecule has 5 heteroatoms. The molecule has 4 nitrogen and oxygen atoms in total. The third kappa shape index (κ3) is 3.83. The first-order valence-corrected chi connectivity index (χ1v) is 6.39. The molecule has 0 saturated carbocycles. The summed E-state index contributed by atoms with van der Waals surface area (Å²) in [5.41, 5.74) is 3.91. The monoisotopic (exact) mass is 233 g/mol. The van der Waals surface area contributed by atoms with E-state index in [-0.39, 0.29) is 5.92 Å². The second-order valence-corrected chi connectivity index (χ2v) is 4.56. The minimum absolute atomic E-state index is 0.289. The molecule has 0 spiro atoms. The van der Waals surface area contributed by atoms with Crippen molar-refractivity contribution < 1.29 is 14.7 Å². The summed E-state index contributed by atoms with van der Waals surface area (Å²) in [6.07, 6.45) is 4.79. The smallest absolute Gasteiger partial charge is 0.331 e. The molecule has 0 aliphatic heterocycles. The largest absolute Gasteiger partial charge is 0.480 e. The van der Waals surface area contributed by atoms with Crippen molar-refractivity contribution in [1.82, 2.24) is 0 Å². The molecule has 88 valence electrons. The number of carboxylic acid groups (broad SMARTS) is 1. The predicted octanol–water partition coefficient (Wildman–Crippen LogP) is 1.14. The van der Waals surface area contributed by atoms with Crippen molar-refractivity contribution in [1.29, 1.82) is 0 Å². The number of carboxylic acids is 1. The lowest BCUT2D eigenvalue weighted by Crippen LogP contribution is -2.56. The number of hydrogen-bond acceptors (Lipinski definition) is 4. The summed E-state index contributed by atoms with van der Waals surface area (Å²) in [4.78, 5) is 21.8. The number of aliphatic carboxylic acids is 1. The summed E-state index contributed by atoms with van der Waals surface area (Å²) in [6, 6.07) is 0. The Hall–Kier alpha value is -0.550. The van der Waals surface area contributed by atoms with Gasteiger partial charge in [0.25, 0.3) is 0 Å². The van der Waals surface area contributed by atoms with E-state index in [1.165, 1.54) is 11.8 Å². The fourth-order valence-electron chi connectivity index (χ4n) is 1.43. The third-order valence-electron chi connectivity index (χ3n) is 2.51. The first kappa shape index (κ1) is 14.5. The maximum absolute atomic E-state index is 11.0. The molecule has 0 aliphatic carbocycles. The first-order valence-electron chi connectivity index (χ1n) is 5.00. The fourth-order valence-corrected chi connectivity index (χ4v) is 2.28. The molecule has 15 heavy (non-hydrogen) atoms. The van der Waals surface area contributed by atoms with E-state index in [1.807, 2.05) is 13.2 Å². The second-order valence-electron chi connectivity index (χ2n) is 3.65. The Morgan fingerprint density at radius 3 is 2.60 bits per heavy atom. The van der Waals surface area contributed by atoms with Crippen molar-refractivity contribution in [2.45, 2.75) is 31.7 Å². The fraction of sp³-hybridized carbons (Fsp3) is 0.800. The highest BCUT2D eigenvalue weighted by molar-refractivity contribution is 7.98. The molecule has 0 saturated heterocycles. The Kier molecular flexibility index (Phi) is 6.60. The van der Waals surface area contributed by atoms with Gasteiger partial charge in [0, 0.05) is 5.92 Å². The van der Waals surface area contributed by atoms with Gasteiger partial charge in [-0.1, -0.05) is 19.8 Å². The Morgan fingerprint density at radius 2 is 2.27 bits per heavy atom. The van der Waals surface area contributed by atoms with Crippen molar-refractivity contribution in [2.24, 2.45) is 11.7 Å². The van der Waals surface area contributed by atoms with E-state index in [0.717, 1.165) is 12.8 Å². The number of carbonyl (C=O) groups excluding carboxylic acids is 1. The van der Waals surface area contributed by atoms with E-state index in [1.54, 1.807) is 0 Å². The average Bonchev–Trinajstić information content (AvgIpc) is 2.22. The lowest BCUT2D eigenvalue weighted by Gasteiger charge is -2.28. The zero-order valence-electron chi connectivity index (χ0n) is 9.23. The van der Waals surface area contributed by atoms with Crippen LogP contribution in [-0.2, 0) is 9.59 Å². The summed E-state index contributed by atoms with van der Waals surface area (Å²) in [5.74, 6) is -0.920. The maximum atomic E-state index is 11.0. The Labute approximate surface area is 94.6 Å².